The fraction of sp³-hybridized carbons (Fsp3) is 0.375. The number of carbonyl (C=O) groups excluding carboxylic acids is 1. The van der Waals surface area contributed by atoms with E-state index in [0.29, 0.717) is 34.7 Å². The fourth-order valence-corrected chi connectivity index (χ4v) is 3.41. The summed E-state index contributed by atoms with van der Waals surface area (Å²) in [5.41, 5.74) is 0.781. The number of hydrogen-bond donors (Lipinski definition) is 1. The van der Waals surface area contributed by atoms with Gasteiger partial charge < -0.3 is 14.6 Å². The first kappa shape index (κ1) is 17.8. The predicted molar refractivity (Wildman–Crippen MR) is 95.6 cm³/mol. The second-order valence-electron chi connectivity index (χ2n) is 4.84. The number of thiocarbonyl (C=S) groups is 1. The predicted octanol–water partition coefficient (Wildman–Crippen LogP) is 3.03. The molecule has 1 fully saturated rings. The van der Waals surface area contributed by atoms with Gasteiger partial charge in [0, 0.05) is 20.3 Å². The zero-order valence-electron chi connectivity index (χ0n) is 13.1. The van der Waals surface area contributed by atoms with Gasteiger partial charge in [0.15, 0.2) is 11.5 Å². The summed E-state index contributed by atoms with van der Waals surface area (Å²) < 4.78 is 10.9. The molecule has 0 aliphatic carbocycles. The number of methoxy groups -OCH3 is 1. The molecule has 0 saturated carbocycles. The Bertz CT molecular complexity index is 631. The molecule has 1 aromatic carbocycles. The van der Waals surface area contributed by atoms with Crippen molar-refractivity contribution in [2.45, 2.75) is 13.3 Å². The third-order valence-electron chi connectivity index (χ3n) is 3.19. The molecule has 23 heavy (non-hydrogen) atoms. The number of amides is 1. The van der Waals surface area contributed by atoms with Crippen molar-refractivity contribution in [2.75, 3.05) is 26.9 Å². The molecule has 124 valence electrons. The number of ether oxygens (including phenoxy) is 2. The second kappa shape index (κ2) is 8.33. The molecular formula is C16H19NO4S2. The summed E-state index contributed by atoms with van der Waals surface area (Å²) in [5, 5.41) is 9.72. The lowest BCUT2D eigenvalue weighted by Gasteiger charge is -2.13. The molecule has 1 N–H and O–H groups in total. The molecule has 7 heteroatoms. The van der Waals surface area contributed by atoms with Crippen molar-refractivity contribution in [3.63, 3.8) is 0 Å². The van der Waals surface area contributed by atoms with Crippen LogP contribution in [0.15, 0.2) is 23.1 Å². The summed E-state index contributed by atoms with van der Waals surface area (Å²) in [6.45, 7) is 3.44. The fourth-order valence-electron chi connectivity index (χ4n) is 2.10. The molecule has 5 nitrogen and oxygen atoms in total. The van der Waals surface area contributed by atoms with E-state index in [0.717, 1.165) is 12.0 Å². The Morgan fingerprint density at radius 1 is 1.43 bits per heavy atom. The Labute approximate surface area is 145 Å². The number of phenols is 1. The maximum absolute atomic E-state index is 12.4. The Kier molecular flexibility index (Phi) is 6.44. The number of hydrogen-bond acceptors (Lipinski definition) is 6. The van der Waals surface area contributed by atoms with Gasteiger partial charge in [0.25, 0.3) is 5.91 Å². The number of carbonyl (C=O) groups is 1. The molecule has 1 heterocycles. The largest absolute Gasteiger partial charge is 0.504 e. The molecule has 0 bridgehead atoms. The van der Waals surface area contributed by atoms with Gasteiger partial charge in [-0.3, -0.25) is 9.69 Å². The van der Waals surface area contributed by atoms with Crippen molar-refractivity contribution < 1.29 is 19.4 Å². The number of nitrogens with zero attached hydrogens (tertiary/aromatic N) is 1. The lowest BCUT2D eigenvalue weighted by molar-refractivity contribution is -0.122. The highest BCUT2D eigenvalue weighted by Gasteiger charge is 2.31. The Morgan fingerprint density at radius 3 is 2.91 bits per heavy atom. The molecule has 1 saturated heterocycles. The van der Waals surface area contributed by atoms with Gasteiger partial charge in [-0.2, -0.15) is 0 Å². The van der Waals surface area contributed by atoms with Gasteiger partial charge in [-0.1, -0.05) is 30.0 Å². The van der Waals surface area contributed by atoms with Crippen LogP contribution in [0.3, 0.4) is 0 Å². The normalized spacial score (nSPS) is 16.4. The first-order chi connectivity index (χ1) is 11.1. The van der Waals surface area contributed by atoms with Crippen LogP contribution in [-0.2, 0) is 9.53 Å². The highest BCUT2D eigenvalue weighted by atomic mass is 32.2. The molecule has 1 aliphatic rings. The van der Waals surface area contributed by atoms with Gasteiger partial charge in [0.2, 0.25) is 0 Å². The molecule has 0 aromatic heterocycles. The molecule has 0 unspecified atom stereocenters. The van der Waals surface area contributed by atoms with Crippen LogP contribution in [0.4, 0.5) is 0 Å². The number of thioether (sulfide) groups is 1. The monoisotopic (exact) mass is 353 g/mol. The molecule has 0 radical (unpaired) electrons. The summed E-state index contributed by atoms with van der Waals surface area (Å²) in [5.74, 6) is 0.384. The van der Waals surface area contributed by atoms with E-state index in [4.69, 9.17) is 21.7 Å². The Hall–Kier alpha value is -1.57. The van der Waals surface area contributed by atoms with E-state index >= 15 is 0 Å². The van der Waals surface area contributed by atoms with Crippen LogP contribution in [0, 0.1) is 0 Å². The van der Waals surface area contributed by atoms with E-state index in [-0.39, 0.29) is 11.7 Å². The molecule has 1 aliphatic heterocycles. The molecule has 0 atom stereocenters. The SMILES string of the molecule is CCOc1cc(/C=C2\SC(=S)N(CCCOC)C2=O)ccc1O. The lowest BCUT2D eigenvalue weighted by Crippen LogP contribution is -2.29. The highest BCUT2D eigenvalue weighted by Crippen LogP contribution is 2.34. The number of benzene rings is 1. The van der Waals surface area contributed by atoms with Crippen LogP contribution in [0.5, 0.6) is 11.5 Å². The zero-order chi connectivity index (χ0) is 16.8. The Morgan fingerprint density at radius 2 is 2.22 bits per heavy atom. The quantitative estimate of drug-likeness (QED) is 0.462. The summed E-state index contributed by atoms with van der Waals surface area (Å²) in [6, 6.07) is 4.99. The van der Waals surface area contributed by atoms with E-state index in [9.17, 15) is 9.90 Å². The van der Waals surface area contributed by atoms with E-state index in [1.807, 2.05) is 6.92 Å². The lowest BCUT2D eigenvalue weighted by atomic mass is 10.2. The van der Waals surface area contributed by atoms with Crippen LogP contribution in [-0.4, -0.2) is 47.1 Å². The van der Waals surface area contributed by atoms with Crippen LogP contribution in [0.1, 0.15) is 18.9 Å². The smallest absolute Gasteiger partial charge is 0.266 e. The second-order valence-corrected chi connectivity index (χ2v) is 6.52. The third-order valence-corrected chi connectivity index (χ3v) is 4.56. The van der Waals surface area contributed by atoms with Crippen molar-refractivity contribution in [3.05, 3.63) is 28.7 Å². The minimum absolute atomic E-state index is 0.0797. The van der Waals surface area contributed by atoms with Crippen molar-refractivity contribution in [2.24, 2.45) is 0 Å². The van der Waals surface area contributed by atoms with Gasteiger partial charge in [0.05, 0.1) is 11.5 Å². The minimum atomic E-state index is -0.0952. The van der Waals surface area contributed by atoms with E-state index in [2.05, 4.69) is 0 Å². The highest BCUT2D eigenvalue weighted by molar-refractivity contribution is 8.26. The van der Waals surface area contributed by atoms with E-state index in [1.165, 1.54) is 11.8 Å². The minimum Gasteiger partial charge on any atom is -0.504 e. The van der Waals surface area contributed by atoms with Crippen LogP contribution in [0.2, 0.25) is 0 Å². The van der Waals surface area contributed by atoms with Gasteiger partial charge in [-0.25, -0.2) is 0 Å². The van der Waals surface area contributed by atoms with Crippen LogP contribution >= 0.6 is 24.0 Å². The third kappa shape index (κ3) is 4.46. The topological polar surface area (TPSA) is 59.0 Å². The molecule has 0 spiro atoms. The van der Waals surface area contributed by atoms with Crippen LogP contribution < -0.4 is 4.74 Å². The van der Waals surface area contributed by atoms with E-state index < -0.39 is 0 Å². The first-order valence-electron chi connectivity index (χ1n) is 7.27. The summed E-state index contributed by atoms with van der Waals surface area (Å²) >= 11 is 6.55. The number of rotatable bonds is 7. The van der Waals surface area contributed by atoms with Crippen molar-refractivity contribution in [1.29, 1.82) is 0 Å². The summed E-state index contributed by atoms with van der Waals surface area (Å²) in [7, 11) is 1.63. The van der Waals surface area contributed by atoms with E-state index in [1.54, 1.807) is 36.3 Å². The maximum Gasteiger partial charge on any atom is 0.266 e. The van der Waals surface area contributed by atoms with Crippen LogP contribution in [0.25, 0.3) is 6.08 Å². The number of aromatic hydroxyl groups is 1. The molecular weight excluding hydrogens is 334 g/mol. The van der Waals surface area contributed by atoms with Gasteiger partial charge in [0.1, 0.15) is 4.32 Å². The molecule has 1 amide bonds. The molecule has 2 rings (SSSR count). The van der Waals surface area contributed by atoms with Gasteiger partial charge in [-0.05, 0) is 37.1 Å². The average molecular weight is 353 g/mol. The summed E-state index contributed by atoms with van der Waals surface area (Å²) in [4.78, 5) is 14.6. The number of phenolic OH excluding ortho intramolecular Hbond substituents is 1. The van der Waals surface area contributed by atoms with Gasteiger partial charge in [-0.15, -0.1) is 0 Å². The van der Waals surface area contributed by atoms with Gasteiger partial charge >= 0.3 is 0 Å². The molecule has 1 aromatic rings. The van der Waals surface area contributed by atoms with Crippen molar-refractivity contribution >= 4 is 40.3 Å². The zero-order valence-corrected chi connectivity index (χ0v) is 14.7. The maximum atomic E-state index is 12.4. The van der Waals surface area contributed by atoms with Crippen molar-refractivity contribution in [3.8, 4) is 11.5 Å². The Balaban J connectivity index is 2.15. The van der Waals surface area contributed by atoms with Crippen molar-refractivity contribution in [1.82, 2.24) is 4.90 Å². The summed E-state index contributed by atoms with van der Waals surface area (Å²) in [6.07, 6.45) is 2.50. The average Bonchev–Trinajstić information content (AvgIpc) is 2.78. The standard InChI is InChI=1S/C16H19NO4S2/c1-3-21-13-9-11(5-6-12(13)18)10-14-15(19)17(16(22)23-14)7-4-8-20-2/h5-6,9-10,18H,3-4,7-8H2,1-2H3/b14-10-. The first-order valence-corrected chi connectivity index (χ1v) is 8.49.